The van der Waals surface area contributed by atoms with Crippen LogP contribution in [0, 0.1) is 0 Å². The SMILES string of the molecule is OC(CCN1CC=C(c2ccccc2)CC1)c1ccc(-c2ccccc2)cc1. The van der Waals surface area contributed by atoms with Crippen LogP contribution in [-0.4, -0.2) is 29.6 Å². The third-order valence-corrected chi connectivity index (χ3v) is 5.56. The van der Waals surface area contributed by atoms with Crippen LogP contribution >= 0.6 is 0 Å². The van der Waals surface area contributed by atoms with Gasteiger partial charge in [-0.2, -0.15) is 0 Å². The topological polar surface area (TPSA) is 23.5 Å². The molecule has 1 atom stereocenters. The summed E-state index contributed by atoms with van der Waals surface area (Å²) in [4.78, 5) is 2.42. The number of nitrogens with zero attached hydrogens (tertiary/aromatic N) is 1. The summed E-state index contributed by atoms with van der Waals surface area (Å²) in [5.41, 5.74) is 6.16. The summed E-state index contributed by atoms with van der Waals surface area (Å²) < 4.78 is 0. The van der Waals surface area contributed by atoms with Gasteiger partial charge in [0.2, 0.25) is 0 Å². The third kappa shape index (κ3) is 4.59. The first-order chi connectivity index (χ1) is 13.8. The van der Waals surface area contributed by atoms with Gasteiger partial charge in [0.1, 0.15) is 0 Å². The van der Waals surface area contributed by atoms with E-state index in [0.717, 1.165) is 38.0 Å². The minimum atomic E-state index is -0.413. The lowest BCUT2D eigenvalue weighted by molar-refractivity contribution is 0.145. The van der Waals surface area contributed by atoms with E-state index in [1.807, 2.05) is 18.2 Å². The summed E-state index contributed by atoms with van der Waals surface area (Å²) in [5, 5.41) is 10.6. The van der Waals surface area contributed by atoms with Crippen LogP contribution in [0.3, 0.4) is 0 Å². The molecule has 0 aliphatic carbocycles. The number of aliphatic hydroxyl groups is 1. The lowest BCUT2D eigenvalue weighted by atomic mass is 9.98. The summed E-state index contributed by atoms with van der Waals surface area (Å²) in [5.74, 6) is 0. The van der Waals surface area contributed by atoms with Crippen molar-refractivity contribution >= 4 is 5.57 Å². The molecule has 142 valence electrons. The molecule has 3 aromatic rings. The van der Waals surface area contributed by atoms with Crippen molar-refractivity contribution in [1.29, 1.82) is 0 Å². The molecule has 3 aromatic carbocycles. The Labute approximate surface area is 167 Å². The zero-order valence-electron chi connectivity index (χ0n) is 16.2. The maximum atomic E-state index is 10.6. The molecule has 1 aliphatic heterocycles. The molecule has 0 fully saturated rings. The Morgan fingerprint density at radius 2 is 1.36 bits per heavy atom. The van der Waals surface area contributed by atoms with Gasteiger partial charge < -0.3 is 5.11 Å². The summed E-state index contributed by atoms with van der Waals surface area (Å²) in [6.45, 7) is 2.93. The number of aliphatic hydroxyl groups excluding tert-OH is 1. The van der Waals surface area contributed by atoms with Crippen LogP contribution in [0.5, 0.6) is 0 Å². The molecular formula is C26H27NO. The summed E-state index contributed by atoms with van der Waals surface area (Å²) in [7, 11) is 0. The highest BCUT2D eigenvalue weighted by atomic mass is 16.3. The summed E-state index contributed by atoms with van der Waals surface area (Å²) in [6, 6.07) is 29.3. The molecule has 2 nitrogen and oxygen atoms in total. The Kier molecular flexibility index (Phi) is 6.01. The molecule has 4 rings (SSSR count). The number of benzene rings is 3. The minimum absolute atomic E-state index is 0.413. The number of rotatable bonds is 6. The van der Waals surface area contributed by atoms with E-state index in [4.69, 9.17) is 0 Å². The standard InChI is InChI=1S/C26H27NO/c28-26(25-13-11-23(12-14-25)21-7-3-1-4-8-21)17-20-27-18-15-24(16-19-27)22-9-5-2-6-10-22/h1-15,26,28H,16-20H2. The monoisotopic (exact) mass is 369 g/mol. The van der Waals surface area contributed by atoms with Crippen molar-refractivity contribution in [3.8, 4) is 11.1 Å². The van der Waals surface area contributed by atoms with Gasteiger partial charge in [0.15, 0.2) is 0 Å². The van der Waals surface area contributed by atoms with Crippen molar-refractivity contribution < 1.29 is 5.11 Å². The van der Waals surface area contributed by atoms with E-state index in [1.165, 1.54) is 22.3 Å². The van der Waals surface area contributed by atoms with Crippen molar-refractivity contribution in [2.75, 3.05) is 19.6 Å². The number of hydrogen-bond acceptors (Lipinski definition) is 2. The van der Waals surface area contributed by atoms with E-state index < -0.39 is 6.10 Å². The van der Waals surface area contributed by atoms with Gasteiger partial charge in [0.05, 0.1) is 6.10 Å². The fourth-order valence-electron chi connectivity index (χ4n) is 3.83. The van der Waals surface area contributed by atoms with Gasteiger partial charge in [-0.05, 0) is 40.7 Å². The van der Waals surface area contributed by atoms with Crippen molar-refractivity contribution in [2.24, 2.45) is 0 Å². The fraction of sp³-hybridized carbons (Fsp3) is 0.231. The van der Waals surface area contributed by atoms with Crippen LogP contribution < -0.4 is 0 Å². The van der Waals surface area contributed by atoms with Gasteiger partial charge in [-0.3, -0.25) is 4.90 Å². The average Bonchev–Trinajstić information content (AvgIpc) is 2.79. The van der Waals surface area contributed by atoms with Crippen LogP contribution in [0.15, 0.2) is 91.0 Å². The van der Waals surface area contributed by atoms with Crippen molar-refractivity contribution in [1.82, 2.24) is 4.90 Å². The van der Waals surface area contributed by atoms with E-state index in [2.05, 4.69) is 77.7 Å². The fourth-order valence-corrected chi connectivity index (χ4v) is 3.83. The molecule has 0 saturated carbocycles. The Balaban J connectivity index is 1.30. The molecular weight excluding hydrogens is 342 g/mol. The van der Waals surface area contributed by atoms with E-state index in [1.54, 1.807) is 0 Å². The van der Waals surface area contributed by atoms with Gasteiger partial charge in [-0.25, -0.2) is 0 Å². The zero-order valence-corrected chi connectivity index (χ0v) is 16.2. The second kappa shape index (κ2) is 9.01. The predicted octanol–water partition coefficient (Wildman–Crippen LogP) is 5.57. The molecule has 1 aliphatic rings. The Bertz CT molecular complexity index is 900. The Morgan fingerprint density at radius 1 is 0.750 bits per heavy atom. The summed E-state index contributed by atoms with van der Waals surface area (Å²) in [6.07, 6.45) is 3.76. The average molecular weight is 370 g/mol. The molecule has 0 bridgehead atoms. The quantitative estimate of drug-likeness (QED) is 0.614. The number of hydrogen-bond donors (Lipinski definition) is 1. The smallest absolute Gasteiger partial charge is 0.0802 e. The largest absolute Gasteiger partial charge is 0.388 e. The lowest BCUT2D eigenvalue weighted by Gasteiger charge is -2.27. The van der Waals surface area contributed by atoms with E-state index in [0.29, 0.717) is 0 Å². The van der Waals surface area contributed by atoms with Crippen LogP contribution in [0.4, 0.5) is 0 Å². The van der Waals surface area contributed by atoms with Gasteiger partial charge in [0.25, 0.3) is 0 Å². The molecule has 0 aromatic heterocycles. The first-order valence-corrected chi connectivity index (χ1v) is 10.1. The third-order valence-electron chi connectivity index (χ3n) is 5.56. The molecule has 0 radical (unpaired) electrons. The zero-order chi connectivity index (χ0) is 19.2. The van der Waals surface area contributed by atoms with Crippen molar-refractivity contribution in [3.05, 3.63) is 102 Å². The maximum Gasteiger partial charge on any atom is 0.0802 e. The second-order valence-electron chi connectivity index (χ2n) is 7.44. The van der Waals surface area contributed by atoms with Crippen LogP contribution in [0.25, 0.3) is 16.7 Å². The normalized spacial score (nSPS) is 15.8. The Hall–Kier alpha value is -2.68. The highest BCUT2D eigenvalue weighted by Gasteiger charge is 2.15. The summed E-state index contributed by atoms with van der Waals surface area (Å²) >= 11 is 0. The first kappa shape index (κ1) is 18.7. The maximum absolute atomic E-state index is 10.6. The van der Waals surface area contributed by atoms with E-state index in [-0.39, 0.29) is 0 Å². The van der Waals surface area contributed by atoms with E-state index >= 15 is 0 Å². The molecule has 1 heterocycles. The molecule has 2 heteroatoms. The predicted molar refractivity (Wildman–Crippen MR) is 117 cm³/mol. The van der Waals surface area contributed by atoms with Gasteiger partial charge in [-0.15, -0.1) is 0 Å². The molecule has 0 amide bonds. The van der Waals surface area contributed by atoms with Gasteiger partial charge in [0, 0.05) is 19.6 Å². The minimum Gasteiger partial charge on any atom is -0.388 e. The highest BCUT2D eigenvalue weighted by Crippen LogP contribution is 2.25. The molecule has 1 N–H and O–H groups in total. The van der Waals surface area contributed by atoms with Crippen LogP contribution in [-0.2, 0) is 0 Å². The molecule has 1 unspecified atom stereocenters. The highest BCUT2D eigenvalue weighted by molar-refractivity contribution is 5.66. The first-order valence-electron chi connectivity index (χ1n) is 10.1. The van der Waals surface area contributed by atoms with Gasteiger partial charge in [-0.1, -0.05) is 91.0 Å². The van der Waals surface area contributed by atoms with Crippen molar-refractivity contribution in [3.63, 3.8) is 0 Å². The molecule has 0 spiro atoms. The van der Waals surface area contributed by atoms with E-state index in [9.17, 15) is 5.11 Å². The molecule has 0 saturated heterocycles. The Morgan fingerprint density at radius 3 is 1.96 bits per heavy atom. The van der Waals surface area contributed by atoms with Crippen LogP contribution in [0.2, 0.25) is 0 Å². The second-order valence-corrected chi connectivity index (χ2v) is 7.44. The molecule has 28 heavy (non-hydrogen) atoms. The van der Waals surface area contributed by atoms with Crippen molar-refractivity contribution in [2.45, 2.75) is 18.9 Å². The van der Waals surface area contributed by atoms with Gasteiger partial charge >= 0.3 is 0 Å². The van der Waals surface area contributed by atoms with Crippen LogP contribution in [0.1, 0.15) is 30.1 Å². The lowest BCUT2D eigenvalue weighted by Crippen LogP contribution is -2.30.